The highest BCUT2D eigenvalue weighted by Gasteiger charge is 2.33. The third kappa shape index (κ3) is 4.49. The number of amides is 1. The molecule has 8 heteroatoms. The Morgan fingerprint density at radius 1 is 1.24 bits per heavy atom. The zero-order chi connectivity index (χ0) is 17.9. The van der Waals surface area contributed by atoms with Crippen molar-refractivity contribution in [3.8, 4) is 0 Å². The number of nitrogens with zero attached hydrogens (tertiary/aromatic N) is 1. The molecule has 1 amide bonds. The molecule has 2 heterocycles. The lowest BCUT2D eigenvalue weighted by Gasteiger charge is -2.30. The zero-order valence-corrected chi connectivity index (χ0v) is 16.7. The van der Waals surface area contributed by atoms with Crippen molar-refractivity contribution in [2.24, 2.45) is 5.92 Å². The van der Waals surface area contributed by atoms with E-state index in [0.717, 1.165) is 9.35 Å². The number of nitrogens with one attached hydrogen (secondary N) is 1. The smallest absolute Gasteiger partial charge is 0.252 e. The lowest BCUT2D eigenvalue weighted by Crippen LogP contribution is -2.45. The van der Waals surface area contributed by atoms with Crippen LogP contribution >= 0.6 is 27.3 Å². The van der Waals surface area contributed by atoms with E-state index in [1.165, 1.54) is 15.6 Å². The number of hydrogen-bond acceptors (Lipinski definition) is 4. The molecule has 1 N–H and O–H groups in total. The molecule has 0 unspecified atom stereocenters. The highest BCUT2D eigenvalue weighted by Crippen LogP contribution is 2.30. The van der Waals surface area contributed by atoms with E-state index in [1.807, 2.05) is 30.3 Å². The minimum absolute atomic E-state index is 0.0869. The number of carbonyl (C=O) groups is 1. The Morgan fingerprint density at radius 3 is 2.68 bits per heavy atom. The van der Waals surface area contributed by atoms with Gasteiger partial charge in [0.1, 0.15) is 4.21 Å². The number of thiophene rings is 1. The van der Waals surface area contributed by atoms with Gasteiger partial charge in [-0.1, -0.05) is 30.3 Å². The number of halogens is 1. The molecule has 0 spiro atoms. The van der Waals surface area contributed by atoms with Crippen LogP contribution in [0.3, 0.4) is 0 Å². The molecule has 1 saturated heterocycles. The molecule has 0 radical (unpaired) electrons. The third-order valence-corrected chi connectivity index (χ3v) is 8.16. The van der Waals surface area contributed by atoms with Crippen molar-refractivity contribution in [3.63, 3.8) is 0 Å². The second kappa shape index (κ2) is 7.99. The molecule has 1 aromatic carbocycles. The van der Waals surface area contributed by atoms with Crippen LogP contribution in [0.2, 0.25) is 0 Å². The van der Waals surface area contributed by atoms with Crippen LogP contribution in [0.4, 0.5) is 0 Å². The summed E-state index contributed by atoms with van der Waals surface area (Å²) >= 11 is 4.49. The van der Waals surface area contributed by atoms with Crippen LogP contribution in [-0.4, -0.2) is 31.7 Å². The van der Waals surface area contributed by atoms with E-state index in [2.05, 4.69) is 21.2 Å². The van der Waals surface area contributed by atoms with Crippen molar-refractivity contribution in [1.29, 1.82) is 0 Å². The Labute approximate surface area is 160 Å². The number of rotatable bonds is 5. The summed E-state index contributed by atoms with van der Waals surface area (Å²) < 4.78 is 28.0. The van der Waals surface area contributed by atoms with Gasteiger partial charge in [0, 0.05) is 19.6 Å². The summed E-state index contributed by atoms with van der Waals surface area (Å²) in [5, 5.41) is 2.92. The summed E-state index contributed by atoms with van der Waals surface area (Å²) in [5.74, 6) is -0.397. The van der Waals surface area contributed by atoms with Crippen LogP contribution in [0, 0.1) is 5.92 Å². The van der Waals surface area contributed by atoms with Gasteiger partial charge in [-0.3, -0.25) is 4.79 Å². The van der Waals surface area contributed by atoms with Crippen molar-refractivity contribution in [1.82, 2.24) is 9.62 Å². The molecule has 0 aliphatic carbocycles. The van der Waals surface area contributed by atoms with Crippen molar-refractivity contribution in [3.05, 3.63) is 51.8 Å². The molecule has 3 rings (SSSR count). The number of sulfonamides is 1. The fourth-order valence-corrected chi connectivity index (χ4v) is 6.56. The fourth-order valence-electron chi connectivity index (χ4n) is 2.87. The van der Waals surface area contributed by atoms with Gasteiger partial charge in [0.05, 0.1) is 9.70 Å². The summed E-state index contributed by atoms with van der Waals surface area (Å²) in [7, 11) is -3.53. The molecule has 134 valence electrons. The standard InChI is InChI=1S/C17H19BrN2O3S2/c18-15-8-9-16(24-15)25(22,23)20-10-4-7-14(12-20)17(21)19-11-13-5-2-1-3-6-13/h1-3,5-6,8-9,14H,4,7,10-12H2,(H,19,21)/t14-/m0/s1. The maximum absolute atomic E-state index is 12.7. The first-order valence-electron chi connectivity index (χ1n) is 8.04. The van der Waals surface area contributed by atoms with E-state index >= 15 is 0 Å². The zero-order valence-electron chi connectivity index (χ0n) is 13.5. The van der Waals surface area contributed by atoms with Crippen LogP contribution in [0.1, 0.15) is 18.4 Å². The Kier molecular flexibility index (Phi) is 5.93. The molecule has 1 aliphatic heterocycles. The fraction of sp³-hybridized carbons (Fsp3) is 0.353. The van der Waals surface area contributed by atoms with Crippen LogP contribution < -0.4 is 5.32 Å². The molecule has 25 heavy (non-hydrogen) atoms. The van der Waals surface area contributed by atoms with Gasteiger partial charge in [0.25, 0.3) is 10.0 Å². The quantitative estimate of drug-likeness (QED) is 0.772. The first-order valence-corrected chi connectivity index (χ1v) is 11.1. The Bertz CT molecular complexity index is 837. The maximum atomic E-state index is 12.7. The first kappa shape index (κ1) is 18.6. The topological polar surface area (TPSA) is 66.5 Å². The van der Waals surface area contributed by atoms with E-state index in [0.29, 0.717) is 30.1 Å². The van der Waals surface area contributed by atoms with Gasteiger partial charge in [0.15, 0.2) is 0 Å². The van der Waals surface area contributed by atoms with Gasteiger partial charge in [-0.25, -0.2) is 8.42 Å². The molecule has 1 atom stereocenters. The minimum atomic E-state index is -3.53. The molecule has 1 aliphatic rings. The normalized spacial score (nSPS) is 18.8. The molecule has 5 nitrogen and oxygen atoms in total. The van der Waals surface area contributed by atoms with Crippen LogP contribution in [0.15, 0.2) is 50.5 Å². The van der Waals surface area contributed by atoms with Gasteiger partial charge in [-0.15, -0.1) is 11.3 Å². The maximum Gasteiger partial charge on any atom is 0.252 e. The van der Waals surface area contributed by atoms with Gasteiger partial charge >= 0.3 is 0 Å². The van der Waals surface area contributed by atoms with Gasteiger partial charge in [-0.05, 0) is 46.5 Å². The van der Waals surface area contributed by atoms with E-state index in [4.69, 9.17) is 0 Å². The number of benzene rings is 1. The van der Waals surface area contributed by atoms with Crippen LogP contribution in [0.25, 0.3) is 0 Å². The lowest BCUT2D eigenvalue weighted by molar-refractivity contribution is -0.126. The van der Waals surface area contributed by atoms with Crippen molar-refractivity contribution < 1.29 is 13.2 Å². The predicted octanol–water partition coefficient (Wildman–Crippen LogP) is 3.23. The van der Waals surface area contributed by atoms with Gasteiger partial charge in [-0.2, -0.15) is 4.31 Å². The van der Waals surface area contributed by atoms with E-state index in [9.17, 15) is 13.2 Å². The van der Waals surface area contributed by atoms with Gasteiger partial charge in [0.2, 0.25) is 5.91 Å². The Morgan fingerprint density at radius 2 is 2.00 bits per heavy atom. The number of piperidine rings is 1. The molecular weight excluding hydrogens is 424 g/mol. The summed E-state index contributed by atoms with van der Waals surface area (Å²) in [4.78, 5) is 12.4. The molecule has 0 saturated carbocycles. The van der Waals surface area contributed by atoms with Crippen LogP contribution in [-0.2, 0) is 21.4 Å². The summed E-state index contributed by atoms with van der Waals surface area (Å²) in [6.45, 7) is 1.15. The Hall–Kier alpha value is -1.22. The monoisotopic (exact) mass is 442 g/mol. The average molecular weight is 443 g/mol. The summed E-state index contributed by atoms with van der Waals surface area (Å²) in [5.41, 5.74) is 1.03. The highest BCUT2D eigenvalue weighted by molar-refractivity contribution is 9.11. The SMILES string of the molecule is O=C(NCc1ccccc1)[C@H]1CCCN(S(=O)(=O)c2ccc(Br)s2)C1. The lowest BCUT2D eigenvalue weighted by atomic mass is 9.99. The Balaban J connectivity index is 1.63. The predicted molar refractivity (Wildman–Crippen MR) is 102 cm³/mol. The van der Waals surface area contributed by atoms with Crippen molar-refractivity contribution in [2.75, 3.05) is 13.1 Å². The average Bonchev–Trinajstić information content (AvgIpc) is 3.08. The highest BCUT2D eigenvalue weighted by atomic mass is 79.9. The van der Waals surface area contributed by atoms with Crippen molar-refractivity contribution >= 4 is 43.2 Å². The van der Waals surface area contributed by atoms with Crippen molar-refractivity contribution in [2.45, 2.75) is 23.6 Å². The first-order chi connectivity index (χ1) is 12.0. The summed E-state index contributed by atoms with van der Waals surface area (Å²) in [6, 6.07) is 13.0. The number of hydrogen-bond donors (Lipinski definition) is 1. The van der Waals surface area contributed by atoms with Crippen LogP contribution in [0.5, 0.6) is 0 Å². The molecule has 1 fully saturated rings. The van der Waals surface area contributed by atoms with E-state index < -0.39 is 10.0 Å². The minimum Gasteiger partial charge on any atom is -0.352 e. The molecule has 2 aromatic rings. The summed E-state index contributed by atoms with van der Waals surface area (Å²) in [6.07, 6.45) is 1.40. The second-order valence-corrected chi connectivity index (χ2v) is 10.6. The molecule has 0 bridgehead atoms. The number of carbonyl (C=O) groups excluding carboxylic acids is 1. The van der Waals surface area contributed by atoms with Gasteiger partial charge < -0.3 is 5.32 Å². The largest absolute Gasteiger partial charge is 0.352 e. The molecule has 1 aromatic heterocycles. The van der Waals surface area contributed by atoms with E-state index in [-0.39, 0.29) is 18.4 Å². The molecular formula is C17H19BrN2O3S2. The second-order valence-electron chi connectivity index (χ2n) is 5.96. The third-order valence-electron chi connectivity index (χ3n) is 4.21. The van der Waals surface area contributed by atoms with E-state index in [1.54, 1.807) is 12.1 Å².